The number of aromatic amines is 1. The maximum Gasteiger partial charge on any atom is 0.251 e. The molecule has 1 atom stereocenters. The molecular formula is C21H23N3O2. The smallest absolute Gasteiger partial charge is 0.251 e. The Bertz CT molecular complexity index is 864. The van der Waals surface area contributed by atoms with Gasteiger partial charge in [0.25, 0.3) is 5.91 Å². The molecule has 134 valence electrons. The number of hydrogen-bond acceptors (Lipinski definition) is 3. The predicted octanol–water partition coefficient (Wildman–Crippen LogP) is 3.43. The third kappa shape index (κ3) is 3.78. The molecule has 0 spiro atoms. The van der Waals surface area contributed by atoms with Crippen molar-refractivity contribution in [3.8, 4) is 0 Å². The van der Waals surface area contributed by atoms with Crippen LogP contribution in [0.15, 0.2) is 48.5 Å². The van der Waals surface area contributed by atoms with Crippen molar-refractivity contribution in [2.75, 3.05) is 19.8 Å². The first-order chi connectivity index (χ1) is 12.8. The van der Waals surface area contributed by atoms with E-state index in [2.05, 4.69) is 21.4 Å². The third-order valence-electron chi connectivity index (χ3n) is 4.86. The second-order valence-electron chi connectivity index (χ2n) is 6.75. The Balaban J connectivity index is 1.29. The van der Waals surface area contributed by atoms with Crippen LogP contribution in [0, 0.1) is 0 Å². The van der Waals surface area contributed by atoms with Crippen molar-refractivity contribution in [3.05, 3.63) is 65.5 Å². The molecule has 5 heteroatoms. The Morgan fingerprint density at radius 1 is 1.23 bits per heavy atom. The molecular weight excluding hydrogens is 326 g/mol. The van der Waals surface area contributed by atoms with Crippen LogP contribution in [0.3, 0.4) is 0 Å². The number of rotatable bonds is 6. The normalized spacial score (nSPS) is 16.8. The number of aryl methyl sites for hydroxylation is 1. The van der Waals surface area contributed by atoms with E-state index in [0.717, 1.165) is 54.9 Å². The molecule has 0 aliphatic carbocycles. The van der Waals surface area contributed by atoms with Crippen molar-refractivity contribution < 1.29 is 9.53 Å². The number of fused-ring (bicyclic) bond motifs is 1. The highest BCUT2D eigenvalue weighted by Crippen LogP contribution is 2.25. The van der Waals surface area contributed by atoms with Gasteiger partial charge in [0.05, 0.1) is 17.6 Å². The van der Waals surface area contributed by atoms with E-state index < -0.39 is 0 Å². The number of hydrogen-bond donors (Lipinski definition) is 2. The minimum absolute atomic E-state index is 0.0182. The fourth-order valence-corrected chi connectivity index (χ4v) is 3.42. The van der Waals surface area contributed by atoms with Crippen LogP contribution >= 0.6 is 0 Å². The number of ether oxygens (including phenoxy) is 1. The molecule has 0 radical (unpaired) electrons. The monoisotopic (exact) mass is 349 g/mol. The van der Waals surface area contributed by atoms with Crippen LogP contribution in [-0.2, 0) is 11.2 Å². The van der Waals surface area contributed by atoms with Gasteiger partial charge in [0.1, 0.15) is 5.82 Å². The largest absolute Gasteiger partial charge is 0.381 e. The van der Waals surface area contributed by atoms with E-state index in [4.69, 9.17) is 4.74 Å². The standard InChI is InChI=1S/C21H23N3O2/c25-21(16-6-3-5-15(13-16)17-10-12-26-14-17)22-11-4-9-20-23-18-7-1-2-8-19(18)24-20/h1-3,5-8,13,17H,4,9-12,14H2,(H,22,25)(H,23,24)/t17-/m0/s1. The molecule has 1 aliphatic rings. The number of aromatic nitrogens is 2. The number of benzene rings is 2. The van der Waals surface area contributed by atoms with Gasteiger partial charge in [-0.2, -0.15) is 0 Å². The lowest BCUT2D eigenvalue weighted by molar-refractivity contribution is 0.0953. The number of carbonyl (C=O) groups excluding carboxylic acids is 1. The molecule has 0 unspecified atom stereocenters. The van der Waals surface area contributed by atoms with Crippen LogP contribution in [0.4, 0.5) is 0 Å². The molecule has 1 aromatic heterocycles. The number of nitrogens with zero attached hydrogens (tertiary/aromatic N) is 1. The first kappa shape index (κ1) is 16.8. The summed E-state index contributed by atoms with van der Waals surface area (Å²) in [6.07, 6.45) is 2.69. The molecule has 2 N–H and O–H groups in total. The van der Waals surface area contributed by atoms with E-state index in [0.29, 0.717) is 12.5 Å². The number of H-pyrrole nitrogens is 1. The average Bonchev–Trinajstić information content (AvgIpc) is 3.34. The van der Waals surface area contributed by atoms with Crippen molar-refractivity contribution in [2.24, 2.45) is 0 Å². The number of para-hydroxylation sites is 2. The van der Waals surface area contributed by atoms with Crippen molar-refractivity contribution in [1.82, 2.24) is 15.3 Å². The van der Waals surface area contributed by atoms with E-state index in [1.165, 1.54) is 5.56 Å². The molecule has 3 aromatic rings. The topological polar surface area (TPSA) is 67.0 Å². The molecule has 1 saturated heterocycles. The minimum Gasteiger partial charge on any atom is -0.381 e. The highest BCUT2D eigenvalue weighted by atomic mass is 16.5. The second kappa shape index (κ2) is 7.70. The third-order valence-corrected chi connectivity index (χ3v) is 4.86. The van der Waals surface area contributed by atoms with Gasteiger partial charge < -0.3 is 15.0 Å². The summed E-state index contributed by atoms with van der Waals surface area (Å²) in [6, 6.07) is 15.9. The Kier molecular flexibility index (Phi) is 4.97. The maximum absolute atomic E-state index is 12.4. The molecule has 1 amide bonds. The fraction of sp³-hybridized carbons (Fsp3) is 0.333. The number of amides is 1. The van der Waals surface area contributed by atoms with Crippen LogP contribution in [-0.4, -0.2) is 35.6 Å². The Morgan fingerprint density at radius 2 is 2.15 bits per heavy atom. The molecule has 5 nitrogen and oxygen atoms in total. The van der Waals surface area contributed by atoms with Gasteiger partial charge in [0.15, 0.2) is 0 Å². The highest BCUT2D eigenvalue weighted by Gasteiger charge is 2.18. The van der Waals surface area contributed by atoms with Gasteiger partial charge in [0, 0.05) is 31.1 Å². The number of nitrogens with one attached hydrogen (secondary N) is 2. The van der Waals surface area contributed by atoms with E-state index in [9.17, 15) is 4.79 Å². The van der Waals surface area contributed by atoms with E-state index >= 15 is 0 Å². The van der Waals surface area contributed by atoms with Crippen LogP contribution in [0.1, 0.15) is 40.5 Å². The molecule has 0 bridgehead atoms. The highest BCUT2D eigenvalue weighted by molar-refractivity contribution is 5.94. The van der Waals surface area contributed by atoms with Gasteiger partial charge in [-0.1, -0.05) is 24.3 Å². The van der Waals surface area contributed by atoms with Crippen LogP contribution < -0.4 is 5.32 Å². The predicted molar refractivity (Wildman–Crippen MR) is 101 cm³/mol. The summed E-state index contributed by atoms with van der Waals surface area (Å²) in [6.45, 7) is 2.19. The quantitative estimate of drug-likeness (QED) is 0.670. The molecule has 2 heterocycles. The summed E-state index contributed by atoms with van der Waals surface area (Å²) in [5, 5.41) is 3.01. The molecule has 26 heavy (non-hydrogen) atoms. The summed E-state index contributed by atoms with van der Waals surface area (Å²) in [5.41, 5.74) is 3.95. The SMILES string of the molecule is O=C(NCCCc1nc2ccccc2[nH]1)c1cccc([C@H]2CCOC2)c1. The van der Waals surface area contributed by atoms with Gasteiger partial charge in [-0.3, -0.25) is 4.79 Å². The molecule has 4 rings (SSSR count). The molecule has 2 aromatic carbocycles. The summed E-state index contributed by atoms with van der Waals surface area (Å²) in [5.74, 6) is 1.36. The van der Waals surface area contributed by atoms with Gasteiger partial charge in [-0.25, -0.2) is 4.98 Å². The van der Waals surface area contributed by atoms with Crippen molar-refractivity contribution in [1.29, 1.82) is 0 Å². The minimum atomic E-state index is -0.0182. The van der Waals surface area contributed by atoms with Crippen LogP contribution in [0.25, 0.3) is 11.0 Å². The molecule has 1 fully saturated rings. The Labute approximate surface area is 152 Å². The number of carbonyl (C=O) groups is 1. The van der Waals surface area contributed by atoms with E-state index in [-0.39, 0.29) is 5.91 Å². The maximum atomic E-state index is 12.4. The summed E-state index contributed by atoms with van der Waals surface area (Å²) in [4.78, 5) is 20.3. The summed E-state index contributed by atoms with van der Waals surface area (Å²) >= 11 is 0. The van der Waals surface area contributed by atoms with Gasteiger partial charge >= 0.3 is 0 Å². The summed E-state index contributed by atoms with van der Waals surface area (Å²) in [7, 11) is 0. The first-order valence-corrected chi connectivity index (χ1v) is 9.19. The molecule has 0 saturated carbocycles. The van der Waals surface area contributed by atoms with Crippen molar-refractivity contribution >= 4 is 16.9 Å². The lowest BCUT2D eigenvalue weighted by atomic mass is 9.96. The number of imidazole rings is 1. The Morgan fingerprint density at radius 3 is 3.00 bits per heavy atom. The summed E-state index contributed by atoms with van der Waals surface area (Å²) < 4.78 is 5.45. The Hall–Kier alpha value is -2.66. The molecule has 1 aliphatic heterocycles. The first-order valence-electron chi connectivity index (χ1n) is 9.19. The lowest BCUT2D eigenvalue weighted by Crippen LogP contribution is -2.25. The zero-order valence-corrected chi connectivity index (χ0v) is 14.7. The zero-order chi connectivity index (χ0) is 17.8. The van der Waals surface area contributed by atoms with Crippen LogP contribution in [0.5, 0.6) is 0 Å². The van der Waals surface area contributed by atoms with Gasteiger partial charge in [0.2, 0.25) is 0 Å². The van der Waals surface area contributed by atoms with Crippen LogP contribution in [0.2, 0.25) is 0 Å². The van der Waals surface area contributed by atoms with E-state index in [1.54, 1.807) is 0 Å². The zero-order valence-electron chi connectivity index (χ0n) is 14.7. The lowest BCUT2D eigenvalue weighted by Gasteiger charge is -2.10. The van der Waals surface area contributed by atoms with Gasteiger partial charge in [-0.05, 0) is 42.7 Å². The van der Waals surface area contributed by atoms with Crippen molar-refractivity contribution in [2.45, 2.75) is 25.2 Å². The second-order valence-corrected chi connectivity index (χ2v) is 6.75. The van der Waals surface area contributed by atoms with E-state index in [1.807, 2.05) is 42.5 Å². The average molecular weight is 349 g/mol. The van der Waals surface area contributed by atoms with Gasteiger partial charge in [-0.15, -0.1) is 0 Å². The fourth-order valence-electron chi connectivity index (χ4n) is 3.42. The van der Waals surface area contributed by atoms with Crippen molar-refractivity contribution in [3.63, 3.8) is 0 Å².